The minimum absolute atomic E-state index is 0.347. The molecule has 1 aromatic heterocycles. The van der Waals surface area contributed by atoms with E-state index in [1.165, 1.54) is 6.07 Å². The predicted molar refractivity (Wildman–Crippen MR) is 76.4 cm³/mol. The van der Waals surface area contributed by atoms with Crippen LogP contribution in [-0.4, -0.2) is 39.7 Å². The second-order valence-corrected chi connectivity index (χ2v) is 6.83. The van der Waals surface area contributed by atoms with Crippen LogP contribution in [0.4, 0.5) is 4.39 Å². The van der Waals surface area contributed by atoms with E-state index in [0.29, 0.717) is 43.5 Å². The molecule has 0 radical (unpaired) electrons. The first-order chi connectivity index (χ1) is 9.60. The van der Waals surface area contributed by atoms with Crippen molar-refractivity contribution in [2.24, 2.45) is 0 Å². The molecule has 96 valence electrons. The average Bonchev–Trinajstić information content (AvgIpc) is 2.79. The number of aromatic nitrogens is 2. The van der Waals surface area contributed by atoms with Crippen molar-refractivity contribution in [2.75, 3.05) is 0 Å². The summed E-state index contributed by atoms with van der Waals surface area (Å²) in [5.74, 6) is -0.376. The summed E-state index contributed by atoms with van der Waals surface area (Å²) in [7, 11) is 0. The number of imidazole rings is 1. The van der Waals surface area contributed by atoms with E-state index in [1.807, 2.05) is 25.4 Å². The Morgan fingerprint density at radius 3 is 2.75 bits per heavy atom. The van der Waals surface area contributed by atoms with E-state index < -0.39 is 0 Å². The van der Waals surface area contributed by atoms with Crippen molar-refractivity contribution in [3.63, 3.8) is 0 Å². The second kappa shape index (κ2) is 5.08. The zero-order valence-electron chi connectivity index (χ0n) is 10.8. The van der Waals surface area contributed by atoms with Crippen LogP contribution in [0, 0.1) is 12.7 Å². The molecular formula is C15H10FN2OTl. The molecule has 0 spiro atoms. The molecule has 0 atom stereocenters. The molecule has 0 amide bonds. The van der Waals surface area contributed by atoms with Gasteiger partial charge in [0.15, 0.2) is 0 Å². The van der Waals surface area contributed by atoms with E-state index in [4.69, 9.17) is 0 Å². The Morgan fingerprint density at radius 1 is 1.25 bits per heavy atom. The number of fused-ring (bicyclic) bond motifs is 1. The first-order valence-corrected chi connectivity index (χ1v) is 8.09. The molecule has 3 aromatic rings. The Bertz CT molecular complexity index is 826. The van der Waals surface area contributed by atoms with Gasteiger partial charge in [-0.2, -0.15) is 0 Å². The SMILES string of the molecule is Cc1cc2nc[n]([Tl])c2cc1-c1ccc(C=O)cc1F. The Hall–Kier alpha value is -1.57. The third kappa shape index (κ3) is 2.17. The summed E-state index contributed by atoms with van der Waals surface area (Å²) in [5.41, 5.74) is 4.63. The van der Waals surface area contributed by atoms with Crippen molar-refractivity contribution in [3.8, 4) is 11.1 Å². The molecule has 0 aliphatic rings. The van der Waals surface area contributed by atoms with Crippen molar-refractivity contribution in [1.29, 1.82) is 0 Å². The molecule has 3 nitrogen and oxygen atoms in total. The third-order valence-corrected chi connectivity index (χ3v) is 4.94. The number of hydrogen-bond acceptors (Lipinski definition) is 2. The van der Waals surface area contributed by atoms with Gasteiger partial charge in [-0.3, -0.25) is 0 Å². The molecule has 0 N–H and O–H groups in total. The summed E-state index contributed by atoms with van der Waals surface area (Å²) < 4.78 is 16.2. The molecule has 0 fully saturated rings. The topological polar surface area (TPSA) is 34.9 Å². The number of benzene rings is 2. The summed E-state index contributed by atoms with van der Waals surface area (Å²) >= 11 is 0.614. The van der Waals surface area contributed by atoms with Gasteiger partial charge in [0.1, 0.15) is 0 Å². The number of aryl methyl sites for hydroxylation is 1. The third-order valence-electron chi connectivity index (χ3n) is 3.34. The molecule has 0 unspecified atom stereocenters. The van der Waals surface area contributed by atoms with Crippen LogP contribution in [-0.2, 0) is 0 Å². The van der Waals surface area contributed by atoms with Crippen LogP contribution >= 0.6 is 0 Å². The van der Waals surface area contributed by atoms with E-state index in [9.17, 15) is 9.18 Å². The maximum absolute atomic E-state index is 14.2. The van der Waals surface area contributed by atoms with E-state index in [1.54, 1.807) is 12.1 Å². The van der Waals surface area contributed by atoms with Crippen LogP contribution in [0.5, 0.6) is 0 Å². The molecule has 20 heavy (non-hydrogen) atoms. The van der Waals surface area contributed by atoms with Crippen LogP contribution in [0.15, 0.2) is 36.7 Å². The normalized spacial score (nSPS) is 10.8. The first-order valence-electron chi connectivity index (χ1n) is 6.08. The van der Waals surface area contributed by atoms with E-state index in [-0.39, 0.29) is 5.82 Å². The van der Waals surface area contributed by atoms with Crippen LogP contribution in [0.1, 0.15) is 15.9 Å². The van der Waals surface area contributed by atoms with Gasteiger partial charge in [0.2, 0.25) is 0 Å². The Morgan fingerprint density at radius 2 is 2.05 bits per heavy atom. The molecular weight excluding hydrogens is 448 g/mol. The number of nitrogens with zero attached hydrogens (tertiary/aromatic N) is 2. The van der Waals surface area contributed by atoms with Crippen LogP contribution in [0.2, 0.25) is 0 Å². The van der Waals surface area contributed by atoms with Crippen molar-refractivity contribution in [2.45, 2.75) is 6.92 Å². The number of halogens is 1. The molecule has 0 saturated carbocycles. The number of hydrogen-bond donors (Lipinski definition) is 0. The predicted octanol–water partition coefficient (Wildman–Crippen LogP) is 2.89. The van der Waals surface area contributed by atoms with Gasteiger partial charge in [0, 0.05) is 0 Å². The van der Waals surface area contributed by atoms with Crippen LogP contribution < -0.4 is 0 Å². The monoisotopic (exact) mass is 458 g/mol. The summed E-state index contributed by atoms with van der Waals surface area (Å²) in [5, 5.41) is 0. The molecule has 3 rings (SSSR count). The molecule has 5 heteroatoms. The fourth-order valence-electron chi connectivity index (χ4n) is 2.29. The van der Waals surface area contributed by atoms with Gasteiger partial charge >= 0.3 is 132 Å². The standard InChI is InChI=1S/C15H11FN2O.Tl/c1-9-4-14-15(18-8-17-14)6-12(9)11-3-2-10(7-19)5-13(11)16;/h2-8H,1H3,(H,17,18,19);/q;+1/p-1. The van der Waals surface area contributed by atoms with Crippen molar-refractivity contribution < 1.29 is 9.18 Å². The second-order valence-electron chi connectivity index (χ2n) is 4.66. The van der Waals surface area contributed by atoms with Gasteiger partial charge < -0.3 is 0 Å². The Labute approximate surface area is 131 Å². The molecule has 0 aliphatic carbocycles. The summed E-state index contributed by atoms with van der Waals surface area (Å²) in [4.78, 5) is 15.0. The quantitative estimate of drug-likeness (QED) is 0.438. The van der Waals surface area contributed by atoms with Gasteiger partial charge in [-0.05, 0) is 0 Å². The zero-order valence-corrected chi connectivity index (χ0v) is 15.3. The van der Waals surface area contributed by atoms with Gasteiger partial charge in [-0.15, -0.1) is 0 Å². The minimum atomic E-state index is -0.376. The van der Waals surface area contributed by atoms with E-state index in [0.717, 1.165) is 22.2 Å². The fraction of sp³-hybridized carbons (Fsp3) is 0.0667. The zero-order chi connectivity index (χ0) is 14.3. The number of carbonyl (C=O) groups excluding carboxylic acids is 1. The number of rotatable bonds is 2. The first kappa shape index (κ1) is 13.4. The van der Waals surface area contributed by atoms with Crippen molar-refractivity contribution >= 4 is 43.4 Å². The maximum atomic E-state index is 14.2. The average molecular weight is 458 g/mol. The fourth-order valence-corrected chi connectivity index (χ4v) is 3.35. The number of carbonyl (C=O) groups is 1. The van der Waals surface area contributed by atoms with Crippen molar-refractivity contribution in [1.82, 2.24) is 7.36 Å². The molecule has 1 heterocycles. The van der Waals surface area contributed by atoms with E-state index >= 15 is 0 Å². The molecule has 0 bridgehead atoms. The molecule has 0 aliphatic heterocycles. The van der Waals surface area contributed by atoms with Gasteiger partial charge in [-0.1, -0.05) is 0 Å². The summed E-state index contributed by atoms with van der Waals surface area (Å²) in [6.07, 6.45) is 2.46. The summed E-state index contributed by atoms with van der Waals surface area (Å²) in [6, 6.07) is 8.50. The Balaban J connectivity index is 2.25. The van der Waals surface area contributed by atoms with Gasteiger partial charge in [0.25, 0.3) is 0 Å². The van der Waals surface area contributed by atoms with Crippen molar-refractivity contribution in [3.05, 3.63) is 53.6 Å². The molecule has 2 aromatic carbocycles. The van der Waals surface area contributed by atoms with Crippen LogP contribution in [0.3, 0.4) is 0 Å². The van der Waals surface area contributed by atoms with E-state index in [2.05, 4.69) is 7.36 Å². The number of aldehydes is 1. The molecule has 0 saturated heterocycles. The van der Waals surface area contributed by atoms with Gasteiger partial charge in [-0.25, -0.2) is 0 Å². The van der Waals surface area contributed by atoms with Crippen LogP contribution in [0.25, 0.3) is 22.2 Å². The Kier molecular flexibility index (Phi) is 3.41. The van der Waals surface area contributed by atoms with Gasteiger partial charge in [0.05, 0.1) is 0 Å². The summed E-state index contributed by atoms with van der Waals surface area (Å²) in [6.45, 7) is 1.94.